The van der Waals surface area contributed by atoms with Crippen molar-refractivity contribution < 1.29 is 14.7 Å². The summed E-state index contributed by atoms with van der Waals surface area (Å²) in [7, 11) is 0. The van der Waals surface area contributed by atoms with Crippen LogP contribution in [0.15, 0.2) is 0 Å². The zero-order valence-electron chi connectivity index (χ0n) is 12.8. The first-order valence-electron chi connectivity index (χ1n) is 7.45. The van der Waals surface area contributed by atoms with Gasteiger partial charge in [0.05, 0.1) is 0 Å². The summed E-state index contributed by atoms with van der Waals surface area (Å²) in [6.07, 6.45) is 1.45. The van der Waals surface area contributed by atoms with E-state index in [1.54, 1.807) is 0 Å². The molecule has 1 rings (SSSR count). The average Bonchev–Trinajstić information content (AvgIpc) is 2.38. The minimum atomic E-state index is -0.784. The number of hydrogen-bond acceptors (Lipinski definition) is 3. The zero-order chi connectivity index (χ0) is 15.1. The minimum Gasteiger partial charge on any atom is -0.481 e. The number of likely N-dealkylation sites (N-methyl/N-ethyl adjacent to an activating group) is 1. The molecule has 116 valence electrons. The van der Waals surface area contributed by atoms with Crippen LogP contribution in [0.3, 0.4) is 0 Å². The lowest BCUT2D eigenvalue weighted by Gasteiger charge is -2.39. The number of amides is 2. The van der Waals surface area contributed by atoms with Crippen LogP contribution in [0, 0.1) is 0 Å². The highest BCUT2D eigenvalue weighted by atomic mass is 16.4. The van der Waals surface area contributed by atoms with E-state index in [9.17, 15) is 9.59 Å². The molecule has 2 N–H and O–H groups in total. The van der Waals surface area contributed by atoms with Crippen LogP contribution in [-0.4, -0.2) is 65.2 Å². The van der Waals surface area contributed by atoms with Crippen LogP contribution in [0.2, 0.25) is 0 Å². The minimum absolute atomic E-state index is 0.0151. The first kappa shape index (κ1) is 16.8. The quantitative estimate of drug-likeness (QED) is 0.773. The molecule has 20 heavy (non-hydrogen) atoms. The number of rotatable bonds is 6. The number of hydrogen-bond donors (Lipinski definition) is 2. The monoisotopic (exact) mass is 285 g/mol. The Morgan fingerprint density at radius 2 is 2.10 bits per heavy atom. The third kappa shape index (κ3) is 5.36. The molecule has 0 spiro atoms. The summed E-state index contributed by atoms with van der Waals surface area (Å²) in [5, 5.41) is 11.5. The van der Waals surface area contributed by atoms with E-state index in [0.29, 0.717) is 18.9 Å². The maximum Gasteiger partial charge on any atom is 0.317 e. The van der Waals surface area contributed by atoms with Gasteiger partial charge in [0.1, 0.15) is 0 Å². The lowest BCUT2D eigenvalue weighted by atomic mass is 10.1. The van der Waals surface area contributed by atoms with Gasteiger partial charge >= 0.3 is 12.0 Å². The van der Waals surface area contributed by atoms with Gasteiger partial charge in [0.25, 0.3) is 0 Å². The molecule has 0 aromatic carbocycles. The Labute approximate surface area is 121 Å². The van der Waals surface area contributed by atoms with Crippen molar-refractivity contribution >= 4 is 12.0 Å². The predicted molar refractivity (Wildman–Crippen MR) is 77.8 cm³/mol. The molecule has 6 nitrogen and oxygen atoms in total. The standard InChI is InChI=1S/C14H27N3O3/c1-4-16-8-9-17(10-12(16)3)14(20)15-11(2)6-5-7-13(18)19/h11-12H,4-10H2,1-3H3,(H,15,20)(H,18,19). The van der Waals surface area contributed by atoms with E-state index in [4.69, 9.17) is 5.11 Å². The number of piperazine rings is 1. The SMILES string of the molecule is CCN1CCN(C(=O)NC(C)CCCC(=O)O)CC1C. The molecular formula is C14H27N3O3. The highest BCUT2D eigenvalue weighted by Gasteiger charge is 2.26. The number of nitrogens with zero attached hydrogens (tertiary/aromatic N) is 2. The number of carboxylic acids is 1. The highest BCUT2D eigenvalue weighted by molar-refractivity contribution is 5.74. The van der Waals surface area contributed by atoms with Crippen molar-refractivity contribution in [3.8, 4) is 0 Å². The molecule has 2 amide bonds. The molecule has 0 aromatic heterocycles. The van der Waals surface area contributed by atoms with E-state index in [0.717, 1.165) is 26.2 Å². The van der Waals surface area contributed by atoms with Crippen LogP contribution in [0.5, 0.6) is 0 Å². The topological polar surface area (TPSA) is 72.9 Å². The molecule has 0 aromatic rings. The van der Waals surface area contributed by atoms with E-state index in [-0.39, 0.29) is 18.5 Å². The second-order valence-electron chi connectivity index (χ2n) is 5.56. The van der Waals surface area contributed by atoms with Crippen molar-refractivity contribution in [3.05, 3.63) is 0 Å². The fraction of sp³-hybridized carbons (Fsp3) is 0.857. The van der Waals surface area contributed by atoms with Crippen molar-refractivity contribution in [2.75, 3.05) is 26.2 Å². The van der Waals surface area contributed by atoms with Gasteiger partial charge in [-0.1, -0.05) is 6.92 Å². The largest absolute Gasteiger partial charge is 0.481 e. The molecule has 1 aliphatic heterocycles. The third-order valence-electron chi connectivity index (χ3n) is 3.86. The molecule has 0 saturated carbocycles. The van der Waals surface area contributed by atoms with Crippen LogP contribution >= 0.6 is 0 Å². The lowest BCUT2D eigenvalue weighted by molar-refractivity contribution is -0.137. The van der Waals surface area contributed by atoms with Crippen molar-refractivity contribution in [2.24, 2.45) is 0 Å². The molecule has 0 radical (unpaired) electrons. The Morgan fingerprint density at radius 1 is 1.40 bits per heavy atom. The van der Waals surface area contributed by atoms with E-state index >= 15 is 0 Å². The molecule has 1 fully saturated rings. The number of nitrogens with one attached hydrogen (secondary N) is 1. The summed E-state index contributed by atoms with van der Waals surface area (Å²) in [4.78, 5) is 26.8. The van der Waals surface area contributed by atoms with Crippen LogP contribution in [0.4, 0.5) is 4.79 Å². The van der Waals surface area contributed by atoms with Gasteiger partial charge in [0.15, 0.2) is 0 Å². The second-order valence-corrected chi connectivity index (χ2v) is 5.56. The van der Waals surface area contributed by atoms with E-state index in [1.165, 1.54) is 0 Å². The highest BCUT2D eigenvalue weighted by Crippen LogP contribution is 2.09. The van der Waals surface area contributed by atoms with Gasteiger partial charge in [-0.2, -0.15) is 0 Å². The Bertz CT molecular complexity index is 336. The van der Waals surface area contributed by atoms with Crippen molar-refractivity contribution in [3.63, 3.8) is 0 Å². The first-order chi connectivity index (χ1) is 9.43. The summed E-state index contributed by atoms with van der Waals surface area (Å²) in [6.45, 7) is 9.63. The molecule has 1 saturated heterocycles. The summed E-state index contributed by atoms with van der Waals surface area (Å²) in [5.74, 6) is -0.784. The molecule has 2 atom stereocenters. The van der Waals surface area contributed by atoms with Crippen LogP contribution < -0.4 is 5.32 Å². The molecular weight excluding hydrogens is 258 g/mol. The Hall–Kier alpha value is -1.30. The van der Waals surface area contributed by atoms with Crippen molar-refractivity contribution in [2.45, 2.75) is 52.1 Å². The second kappa shape index (κ2) is 8.09. The lowest BCUT2D eigenvalue weighted by Crippen LogP contribution is -2.56. The fourth-order valence-corrected chi connectivity index (χ4v) is 2.58. The fourth-order valence-electron chi connectivity index (χ4n) is 2.58. The molecule has 2 unspecified atom stereocenters. The van der Waals surface area contributed by atoms with Crippen molar-refractivity contribution in [1.29, 1.82) is 0 Å². The first-order valence-corrected chi connectivity index (χ1v) is 7.45. The van der Waals surface area contributed by atoms with Gasteiger partial charge in [0.2, 0.25) is 0 Å². The number of carbonyl (C=O) groups excluding carboxylic acids is 1. The molecule has 6 heteroatoms. The van der Waals surface area contributed by atoms with Gasteiger partial charge in [-0.25, -0.2) is 4.79 Å². The van der Waals surface area contributed by atoms with Gasteiger partial charge in [-0.15, -0.1) is 0 Å². The Balaban J connectivity index is 2.30. The van der Waals surface area contributed by atoms with Gasteiger partial charge in [0, 0.05) is 38.1 Å². The smallest absolute Gasteiger partial charge is 0.317 e. The van der Waals surface area contributed by atoms with Gasteiger partial charge in [-0.3, -0.25) is 9.69 Å². The Morgan fingerprint density at radius 3 is 2.65 bits per heavy atom. The summed E-state index contributed by atoms with van der Waals surface area (Å²) in [5.41, 5.74) is 0. The van der Waals surface area contributed by atoms with Crippen molar-refractivity contribution in [1.82, 2.24) is 15.1 Å². The molecule has 0 aliphatic carbocycles. The zero-order valence-corrected chi connectivity index (χ0v) is 12.8. The average molecular weight is 285 g/mol. The summed E-state index contributed by atoms with van der Waals surface area (Å²) >= 11 is 0. The third-order valence-corrected chi connectivity index (χ3v) is 3.86. The van der Waals surface area contributed by atoms with Gasteiger partial charge < -0.3 is 15.3 Å². The summed E-state index contributed by atoms with van der Waals surface area (Å²) in [6, 6.07) is 0.374. The van der Waals surface area contributed by atoms with Crippen LogP contribution in [0.1, 0.15) is 40.0 Å². The normalized spacial score (nSPS) is 21.6. The van der Waals surface area contributed by atoms with E-state index in [1.807, 2.05) is 11.8 Å². The molecule has 0 bridgehead atoms. The number of urea groups is 1. The Kier molecular flexibility index (Phi) is 6.78. The number of carboxylic acid groups (broad SMARTS) is 1. The maximum atomic E-state index is 12.1. The van der Waals surface area contributed by atoms with Gasteiger partial charge in [-0.05, 0) is 33.2 Å². The predicted octanol–water partition coefficient (Wildman–Crippen LogP) is 1.37. The molecule has 1 aliphatic rings. The van der Waals surface area contributed by atoms with Crippen LogP contribution in [0.25, 0.3) is 0 Å². The van der Waals surface area contributed by atoms with E-state index < -0.39 is 5.97 Å². The number of carbonyl (C=O) groups is 2. The van der Waals surface area contributed by atoms with E-state index in [2.05, 4.69) is 24.1 Å². The number of aliphatic carboxylic acids is 1. The molecule has 1 heterocycles. The summed E-state index contributed by atoms with van der Waals surface area (Å²) < 4.78 is 0. The van der Waals surface area contributed by atoms with Crippen LogP contribution in [-0.2, 0) is 4.79 Å². The maximum absolute atomic E-state index is 12.1.